The van der Waals surface area contributed by atoms with Gasteiger partial charge in [-0.1, -0.05) is 17.7 Å². The number of nitrogens with one attached hydrogen (secondary N) is 3. The van der Waals surface area contributed by atoms with Gasteiger partial charge < -0.3 is 15.5 Å². The molecule has 0 bridgehead atoms. The maximum Gasteiger partial charge on any atom is 0.322 e. The van der Waals surface area contributed by atoms with Gasteiger partial charge in [0.05, 0.1) is 6.54 Å². The van der Waals surface area contributed by atoms with Crippen molar-refractivity contribution in [3.05, 3.63) is 29.3 Å². The second kappa shape index (κ2) is 6.92. The highest BCUT2D eigenvalue weighted by atomic mass is 35.5. The topological polar surface area (TPSA) is 90.5 Å². The van der Waals surface area contributed by atoms with Crippen LogP contribution in [0.3, 0.4) is 0 Å². The van der Waals surface area contributed by atoms with Gasteiger partial charge in [0, 0.05) is 23.8 Å². The zero-order valence-corrected chi connectivity index (χ0v) is 14.7. The molecule has 134 valence electrons. The van der Waals surface area contributed by atoms with Crippen LogP contribution in [-0.4, -0.2) is 47.9 Å². The summed E-state index contributed by atoms with van der Waals surface area (Å²) in [6, 6.07) is 6.77. The molecule has 25 heavy (non-hydrogen) atoms. The fourth-order valence-corrected chi connectivity index (χ4v) is 3.63. The van der Waals surface area contributed by atoms with Crippen molar-refractivity contribution in [1.82, 2.24) is 15.5 Å². The summed E-state index contributed by atoms with van der Waals surface area (Å²) in [7, 11) is 0. The standard InChI is InChI=1S/C17H21ClN4O3/c1-17(15(24)20-16(25)21-17)11-5-7-22(8-6-11)14(23)10-19-13-4-2-3-12(18)9-13/h2-4,9,11,19H,5-8,10H2,1H3,(H2,20,21,24,25). The molecule has 0 aromatic heterocycles. The first-order valence-corrected chi connectivity index (χ1v) is 8.67. The quantitative estimate of drug-likeness (QED) is 0.708. The van der Waals surface area contributed by atoms with Gasteiger partial charge >= 0.3 is 6.03 Å². The fraction of sp³-hybridized carbons (Fsp3) is 0.471. The Morgan fingerprint density at radius 2 is 2.08 bits per heavy atom. The van der Waals surface area contributed by atoms with Gasteiger partial charge in [0.25, 0.3) is 5.91 Å². The zero-order chi connectivity index (χ0) is 18.0. The number of rotatable bonds is 4. The number of likely N-dealkylation sites (tertiary alicyclic amines) is 1. The number of amides is 4. The molecule has 1 aromatic carbocycles. The Morgan fingerprint density at radius 1 is 1.36 bits per heavy atom. The van der Waals surface area contributed by atoms with Crippen LogP contribution in [0.15, 0.2) is 24.3 Å². The number of hydrogen-bond acceptors (Lipinski definition) is 4. The number of halogens is 1. The molecule has 0 spiro atoms. The summed E-state index contributed by atoms with van der Waals surface area (Å²) in [6.45, 7) is 3.08. The molecule has 2 heterocycles. The van der Waals surface area contributed by atoms with Gasteiger partial charge in [-0.3, -0.25) is 14.9 Å². The molecule has 7 nitrogen and oxygen atoms in total. The molecule has 8 heteroatoms. The molecule has 0 radical (unpaired) electrons. The third-order valence-electron chi connectivity index (χ3n) is 5.00. The Hall–Kier alpha value is -2.28. The number of carbonyl (C=O) groups is 3. The van der Waals surface area contributed by atoms with Crippen molar-refractivity contribution < 1.29 is 14.4 Å². The molecule has 2 aliphatic heterocycles. The number of benzene rings is 1. The average molecular weight is 365 g/mol. The molecule has 4 amide bonds. The van der Waals surface area contributed by atoms with Crippen molar-refractivity contribution >= 4 is 35.1 Å². The number of carbonyl (C=O) groups excluding carboxylic acids is 3. The molecule has 3 rings (SSSR count). The molecule has 2 aliphatic rings. The van der Waals surface area contributed by atoms with Gasteiger partial charge in [0.15, 0.2) is 0 Å². The van der Waals surface area contributed by atoms with Crippen molar-refractivity contribution in [1.29, 1.82) is 0 Å². The third kappa shape index (κ3) is 3.71. The first kappa shape index (κ1) is 17.5. The lowest BCUT2D eigenvalue weighted by Gasteiger charge is -2.38. The normalized spacial score (nSPS) is 24.0. The maximum absolute atomic E-state index is 12.4. The predicted octanol–water partition coefficient (Wildman–Crippen LogP) is 1.59. The first-order chi connectivity index (χ1) is 11.9. The van der Waals surface area contributed by atoms with Crippen LogP contribution >= 0.6 is 11.6 Å². The highest BCUT2D eigenvalue weighted by Gasteiger charge is 2.48. The van der Waals surface area contributed by atoms with E-state index in [2.05, 4.69) is 16.0 Å². The van der Waals surface area contributed by atoms with Crippen molar-refractivity contribution in [2.75, 3.05) is 25.0 Å². The highest BCUT2D eigenvalue weighted by molar-refractivity contribution is 6.30. The number of piperidine rings is 1. The van der Waals surface area contributed by atoms with E-state index in [-0.39, 0.29) is 24.3 Å². The van der Waals surface area contributed by atoms with E-state index in [9.17, 15) is 14.4 Å². The van der Waals surface area contributed by atoms with Gasteiger partial charge in [-0.05, 0) is 43.9 Å². The summed E-state index contributed by atoms with van der Waals surface area (Å²) in [4.78, 5) is 37.6. The number of anilines is 1. The van der Waals surface area contributed by atoms with Crippen LogP contribution in [0.25, 0.3) is 0 Å². The molecule has 1 atom stereocenters. The SMILES string of the molecule is CC1(C2CCN(C(=O)CNc3cccc(Cl)c3)CC2)NC(=O)NC1=O. The Labute approximate surface area is 151 Å². The molecule has 2 fully saturated rings. The molecular formula is C17H21ClN4O3. The minimum Gasteiger partial charge on any atom is -0.376 e. The lowest BCUT2D eigenvalue weighted by atomic mass is 9.79. The highest BCUT2D eigenvalue weighted by Crippen LogP contribution is 2.30. The Bertz CT molecular complexity index is 703. The summed E-state index contributed by atoms with van der Waals surface area (Å²) in [5.74, 6) is -0.266. The third-order valence-corrected chi connectivity index (χ3v) is 5.24. The molecule has 0 saturated carbocycles. The fourth-order valence-electron chi connectivity index (χ4n) is 3.44. The van der Waals surface area contributed by atoms with Crippen molar-refractivity contribution in [2.45, 2.75) is 25.3 Å². The van der Waals surface area contributed by atoms with Crippen molar-refractivity contribution in [2.24, 2.45) is 5.92 Å². The number of nitrogens with zero attached hydrogens (tertiary/aromatic N) is 1. The van der Waals surface area contributed by atoms with Crippen LogP contribution in [0, 0.1) is 5.92 Å². The summed E-state index contributed by atoms with van der Waals surface area (Å²) >= 11 is 5.92. The lowest BCUT2D eigenvalue weighted by molar-refractivity contribution is -0.131. The van der Waals surface area contributed by atoms with E-state index in [0.29, 0.717) is 31.0 Å². The van der Waals surface area contributed by atoms with E-state index in [1.54, 1.807) is 24.0 Å². The summed E-state index contributed by atoms with van der Waals surface area (Å²) in [5.41, 5.74) is -0.0841. The monoisotopic (exact) mass is 364 g/mol. The predicted molar refractivity (Wildman–Crippen MR) is 94.3 cm³/mol. The van der Waals surface area contributed by atoms with E-state index < -0.39 is 11.6 Å². The molecule has 1 unspecified atom stereocenters. The van der Waals surface area contributed by atoms with Crippen molar-refractivity contribution in [3.63, 3.8) is 0 Å². The van der Waals surface area contributed by atoms with E-state index in [1.807, 2.05) is 12.1 Å². The van der Waals surface area contributed by atoms with Crippen LogP contribution in [0.2, 0.25) is 5.02 Å². The summed E-state index contributed by atoms with van der Waals surface area (Å²) in [6.07, 6.45) is 1.35. The minimum absolute atomic E-state index is 0.00323. The summed E-state index contributed by atoms with van der Waals surface area (Å²) in [5, 5.41) is 8.70. The molecule has 0 aliphatic carbocycles. The van der Waals surface area contributed by atoms with E-state index in [4.69, 9.17) is 11.6 Å². The molecular weight excluding hydrogens is 344 g/mol. The van der Waals surface area contributed by atoms with Crippen LogP contribution in [0.5, 0.6) is 0 Å². The molecule has 2 saturated heterocycles. The number of urea groups is 1. The van der Waals surface area contributed by atoms with E-state index in [1.165, 1.54) is 0 Å². The van der Waals surface area contributed by atoms with Crippen LogP contribution in [0.4, 0.5) is 10.5 Å². The van der Waals surface area contributed by atoms with Crippen LogP contribution in [-0.2, 0) is 9.59 Å². The van der Waals surface area contributed by atoms with Crippen molar-refractivity contribution in [3.8, 4) is 0 Å². The van der Waals surface area contributed by atoms with E-state index in [0.717, 1.165) is 5.69 Å². The average Bonchev–Trinajstić information content (AvgIpc) is 2.86. The molecule has 3 N–H and O–H groups in total. The Balaban J connectivity index is 1.51. The molecule has 1 aromatic rings. The minimum atomic E-state index is -0.884. The van der Waals surface area contributed by atoms with Gasteiger partial charge in [0.2, 0.25) is 5.91 Å². The van der Waals surface area contributed by atoms with E-state index >= 15 is 0 Å². The van der Waals surface area contributed by atoms with Crippen LogP contribution < -0.4 is 16.0 Å². The number of hydrogen-bond donors (Lipinski definition) is 3. The number of imide groups is 1. The second-order valence-corrected chi connectivity index (χ2v) is 7.07. The van der Waals surface area contributed by atoms with Gasteiger partial charge in [0.1, 0.15) is 5.54 Å². The Morgan fingerprint density at radius 3 is 2.68 bits per heavy atom. The Kier molecular flexibility index (Phi) is 4.85. The smallest absolute Gasteiger partial charge is 0.322 e. The lowest BCUT2D eigenvalue weighted by Crippen LogP contribution is -2.54. The van der Waals surface area contributed by atoms with Gasteiger partial charge in [-0.25, -0.2) is 4.79 Å². The van der Waals surface area contributed by atoms with Crippen LogP contribution in [0.1, 0.15) is 19.8 Å². The second-order valence-electron chi connectivity index (χ2n) is 6.63. The zero-order valence-electron chi connectivity index (χ0n) is 14.0. The largest absolute Gasteiger partial charge is 0.376 e. The maximum atomic E-state index is 12.4. The first-order valence-electron chi connectivity index (χ1n) is 8.29. The van der Waals surface area contributed by atoms with Gasteiger partial charge in [-0.15, -0.1) is 0 Å². The van der Waals surface area contributed by atoms with Gasteiger partial charge in [-0.2, -0.15) is 0 Å². The summed E-state index contributed by atoms with van der Waals surface area (Å²) < 4.78 is 0.